The Morgan fingerprint density at radius 2 is 2.23 bits per heavy atom. The van der Waals surface area contributed by atoms with Gasteiger partial charge in [-0.1, -0.05) is 12.1 Å². The molecule has 7 nitrogen and oxygen atoms in total. The van der Waals surface area contributed by atoms with Gasteiger partial charge in [0.1, 0.15) is 0 Å². The maximum Gasteiger partial charge on any atom is 0.274 e. The number of carbonyl (C=O) groups excluding carboxylic acids is 1. The van der Waals surface area contributed by atoms with Crippen LogP contribution in [-0.4, -0.2) is 35.0 Å². The molecule has 2 N–H and O–H groups in total. The second kappa shape index (κ2) is 8.39. The number of nitrogens with zero attached hydrogens (tertiary/aromatic N) is 2. The number of ether oxygens (including phenoxy) is 1. The standard InChI is InChI=1S/C18H21N3O4S/c19-18(22)13-5-6-14(17(9-13)21(23)24)10-20(11-15-3-1-7-25-15)12-16-4-2-8-26-16/h2,4-6,8-9,15H,1,3,7,10-12H2,(H2,19,22). The van der Waals surface area contributed by atoms with E-state index in [1.807, 2.05) is 11.4 Å². The highest BCUT2D eigenvalue weighted by atomic mass is 32.1. The van der Waals surface area contributed by atoms with Crippen LogP contribution < -0.4 is 5.73 Å². The molecule has 26 heavy (non-hydrogen) atoms. The lowest BCUT2D eigenvalue weighted by Gasteiger charge is -2.24. The molecule has 8 heteroatoms. The minimum atomic E-state index is -0.672. The summed E-state index contributed by atoms with van der Waals surface area (Å²) in [5.74, 6) is -0.672. The molecule has 1 unspecified atom stereocenters. The van der Waals surface area contributed by atoms with Gasteiger partial charge in [-0.15, -0.1) is 11.3 Å². The van der Waals surface area contributed by atoms with Gasteiger partial charge in [-0.05, 0) is 30.4 Å². The lowest BCUT2D eigenvalue weighted by atomic mass is 10.1. The number of hydrogen-bond donors (Lipinski definition) is 1. The highest BCUT2D eigenvalue weighted by Gasteiger charge is 2.23. The molecule has 138 valence electrons. The number of thiophene rings is 1. The number of nitro benzene ring substituents is 1. The number of rotatable bonds is 8. The molecule has 0 aliphatic carbocycles. The van der Waals surface area contributed by atoms with Gasteiger partial charge in [-0.25, -0.2) is 0 Å². The van der Waals surface area contributed by atoms with Crippen molar-refractivity contribution in [2.24, 2.45) is 5.73 Å². The first kappa shape index (κ1) is 18.5. The monoisotopic (exact) mass is 375 g/mol. The van der Waals surface area contributed by atoms with Crippen LogP contribution in [0.5, 0.6) is 0 Å². The van der Waals surface area contributed by atoms with E-state index < -0.39 is 10.8 Å². The Hall–Kier alpha value is -2.29. The molecular formula is C18H21N3O4S. The van der Waals surface area contributed by atoms with E-state index in [-0.39, 0.29) is 17.4 Å². The fraction of sp³-hybridized carbons (Fsp3) is 0.389. The van der Waals surface area contributed by atoms with Gasteiger partial charge in [-0.3, -0.25) is 19.8 Å². The van der Waals surface area contributed by atoms with Crippen molar-refractivity contribution in [1.29, 1.82) is 0 Å². The van der Waals surface area contributed by atoms with Crippen LogP contribution in [0.25, 0.3) is 0 Å². The first-order valence-corrected chi connectivity index (χ1v) is 9.34. The Morgan fingerprint density at radius 3 is 2.85 bits per heavy atom. The van der Waals surface area contributed by atoms with Crippen molar-refractivity contribution in [2.45, 2.75) is 32.0 Å². The number of primary amides is 1. The second-order valence-electron chi connectivity index (χ2n) is 6.35. The molecule has 1 aromatic carbocycles. The predicted octanol–water partition coefficient (Wildman–Crippen LogP) is 2.94. The highest BCUT2D eigenvalue weighted by Crippen LogP contribution is 2.25. The van der Waals surface area contributed by atoms with E-state index in [1.165, 1.54) is 10.9 Å². The van der Waals surface area contributed by atoms with Crippen molar-refractivity contribution in [3.8, 4) is 0 Å². The van der Waals surface area contributed by atoms with Crippen molar-refractivity contribution in [3.05, 3.63) is 61.8 Å². The molecule has 1 aliphatic rings. The lowest BCUT2D eigenvalue weighted by molar-refractivity contribution is -0.385. The van der Waals surface area contributed by atoms with Crippen molar-refractivity contribution >= 4 is 22.9 Å². The van der Waals surface area contributed by atoms with Gasteiger partial charge in [0.25, 0.3) is 5.69 Å². The molecule has 1 saturated heterocycles. The van der Waals surface area contributed by atoms with Crippen LogP contribution >= 0.6 is 11.3 Å². The normalized spacial score (nSPS) is 16.9. The van der Waals surface area contributed by atoms with E-state index >= 15 is 0 Å². The third-order valence-electron chi connectivity index (χ3n) is 4.41. The first-order valence-electron chi connectivity index (χ1n) is 8.46. The molecule has 1 atom stereocenters. The summed E-state index contributed by atoms with van der Waals surface area (Å²) < 4.78 is 5.74. The van der Waals surface area contributed by atoms with Crippen LogP contribution in [0.1, 0.15) is 33.6 Å². The van der Waals surface area contributed by atoms with E-state index in [0.29, 0.717) is 25.2 Å². The van der Waals surface area contributed by atoms with Crippen LogP contribution in [0.2, 0.25) is 0 Å². The number of nitrogens with two attached hydrogens (primary N) is 1. The Balaban J connectivity index is 1.82. The topological polar surface area (TPSA) is 98.7 Å². The first-order chi connectivity index (χ1) is 12.5. The van der Waals surface area contributed by atoms with E-state index in [2.05, 4.69) is 11.0 Å². The molecule has 1 fully saturated rings. The zero-order valence-electron chi connectivity index (χ0n) is 14.3. The summed E-state index contributed by atoms with van der Waals surface area (Å²) in [6, 6.07) is 8.47. The van der Waals surface area contributed by atoms with Crippen molar-refractivity contribution in [2.75, 3.05) is 13.2 Å². The highest BCUT2D eigenvalue weighted by molar-refractivity contribution is 7.09. The van der Waals surface area contributed by atoms with Gasteiger partial charge in [0, 0.05) is 48.3 Å². The zero-order valence-corrected chi connectivity index (χ0v) is 15.1. The Kier molecular flexibility index (Phi) is 5.97. The van der Waals surface area contributed by atoms with Crippen molar-refractivity contribution in [3.63, 3.8) is 0 Å². The third kappa shape index (κ3) is 4.66. The van der Waals surface area contributed by atoms with E-state index in [0.717, 1.165) is 19.4 Å². The summed E-state index contributed by atoms with van der Waals surface area (Å²) in [5, 5.41) is 13.5. The Labute approximate surface area is 155 Å². The predicted molar refractivity (Wildman–Crippen MR) is 99.0 cm³/mol. The van der Waals surface area contributed by atoms with Crippen LogP contribution in [0.15, 0.2) is 35.7 Å². The largest absolute Gasteiger partial charge is 0.377 e. The zero-order chi connectivity index (χ0) is 18.5. The third-order valence-corrected chi connectivity index (χ3v) is 5.27. The van der Waals surface area contributed by atoms with Gasteiger partial charge < -0.3 is 10.5 Å². The smallest absolute Gasteiger partial charge is 0.274 e. The Morgan fingerprint density at radius 1 is 1.38 bits per heavy atom. The molecule has 2 aromatic rings. The van der Waals surface area contributed by atoms with E-state index in [9.17, 15) is 14.9 Å². The van der Waals surface area contributed by atoms with Gasteiger partial charge in [0.15, 0.2) is 0 Å². The maximum absolute atomic E-state index is 11.5. The molecule has 0 radical (unpaired) electrons. The van der Waals surface area contributed by atoms with Crippen LogP contribution in [-0.2, 0) is 17.8 Å². The van der Waals surface area contributed by atoms with E-state index in [1.54, 1.807) is 23.5 Å². The number of hydrogen-bond acceptors (Lipinski definition) is 6. The number of carbonyl (C=O) groups is 1. The van der Waals surface area contributed by atoms with Crippen molar-refractivity contribution < 1.29 is 14.5 Å². The molecule has 1 amide bonds. The number of amides is 1. The van der Waals surface area contributed by atoms with Crippen LogP contribution in [0.4, 0.5) is 5.69 Å². The summed E-state index contributed by atoms with van der Waals surface area (Å²) in [7, 11) is 0. The fourth-order valence-electron chi connectivity index (χ4n) is 3.15. The maximum atomic E-state index is 11.5. The molecule has 0 saturated carbocycles. The summed E-state index contributed by atoms with van der Waals surface area (Å²) in [6.45, 7) is 2.59. The summed E-state index contributed by atoms with van der Waals surface area (Å²) in [6.07, 6.45) is 2.20. The molecule has 1 aliphatic heterocycles. The van der Waals surface area contributed by atoms with Crippen LogP contribution in [0.3, 0.4) is 0 Å². The van der Waals surface area contributed by atoms with Gasteiger partial charge >= 0.3 is 0 Å². The Bertz CT molecular complexity index is 773. The SMILES string of the molecule is NC(=O)c1ccc(CN(Cc2cccs2)CC2CCCO2)c([N+](=O)[O-])c1. The minimum absolute atomic E-state index is 0.0789. The van der Waals surface area contributed by atoms with Crippen molar-refractivity contribution in [1.82, 2.24) is 4.90 Å². The molecule has 2 heterocycles. The average Bonchev–Trinajstić information content (AvgIpc) is 3.28. The van der Waals surface area contributed by atoms with Gasteiger partial charge in [0.05, 0.1) is 11.0 Å². The minimum Gasteiger partial charge on any atom is -0.377 e. The summed E-state index contributed by atoms with van der Waals surface area (Å²) in [5.41, 5.74) is 5.87. The molecule has 0 spiro atoms. The average molecular weight is 375 g/mol. The van der Waals surface area contributed by atoms with E-state index in [4.69, 9.17) is 10.5 Å². The molecule has 1 aromatic heterocycles. The second-order valence-corrected chi connectivity index (χ2v) is 7.38. The van der Waals surface area contributed by atoms with Gasteiger partial charge in [0.2, 0.25) is 5.91 Å². The lowest BCUT2D eigenvalue weighted by Crippen LogP contribution is -2.31. The summed E-state index contributed by atoms with van der Waals surface area (Å²) in [4.78, 5) is 25.7. The summed E-state index contributed by atoms with van der Waals surface area (Å²) >= 11 is 1.66. The molecule has 3 rings (SSSR count). The van der Waals surface area contributed by atoms with Gasteiger partial charge in [-0.2, -0.15) is 0 Å². The fourth-order valence-corrected chi connectivity index (χ4v) is 3.89. The number of benzene rings is 1. The number of nitro groups is 1. The van der Waals surface area contributed by atoms with Crippen LogP contribution in [0, 0.1) is 10.1 Å². The quantitative estimate of drug-likeness (QED) is 0.565. The molecular weight excluding hydrogens is 354 g/mol. The molecule has 0 bridgehead atoms.